The molecule has 2 aromatic rings. The van der Waals surface area contributed by atoms with Crippen molar-refractivity contribution in [2.24, 2.45) is 29.4 Å². The number of ketones is 4. The van der Waals surface area contributed by atoms with E-state index in [1.807, 2.05) is 30.3 Å². The van der Waals surface area contributed by atoms with Gasteiger partial charge in [-0.25, -0.2) is 0 Å². The summed E-state index contributed by atoms with van der Waals surface area (Å²) in [5, 5.41) is 33.3. The second kappa shape index (κ2) is 7.93. The van der Waals surface area contributed by atoms with E-state index in [0.29, 0.717) is 5.56 Å². The van der Waals surface area contributed by atoms with Crippen LogP contribution in [0.15, 0.2) is 48.5 Å². The average Bonchev–Trinajstić information content (AvgIpc) is 2.81. The Kier molecular flexibility index (Phi) is 5.23. The highest BCUT2D eigenvalue weighted by molar-refractivity contribution is 6.31. The number of phenolic OH excluding ortho intramolecular Hbond substituents is 1. The number of hydrogen-bond acceptors (Lipinski definition) is 8. The molecular weight excluding hydrogens is 454 g/mol. The van der Waals surface area contributed by atoms with E-state index < -0.39 is 76.8 Å². The molecule has 2 saturated carbocycles. The van der Waals surface area contributed by atoms with Crippen molar-refractivity contribution in [2.45, 2.75) is 30.5 Å². The molecule has 2 fully saturated rings. The molecule has 3 unspecified atom stereocenters. The Bertz CT molecular complexity index is 1290. The molecular formula is C26H23NO8. The smallest absolute Gasteiger partial charge is 0.235 e. The van der Waals surface area contributed by atoms with E-state index in [2.05, 4.69) is 0 Å². The summed E-state index contributed by atoms with van der Waals surface area (Å²) in [6.07, 6.45) is -1.93. The van der Waals surface area contributed by atoms with Gasteiger partial charge in [-0.2, -0.15) is 0 Å². The minimum atomic E-state index is -2.93. The van der Waals surface area contributed by atoms with Gasteiger partial charge in [-0.15, -0.1) is 0 Å². The van der Waals surface area contributed by atoms with Gasteiger partial charge in [-0.3, -0.25) is 24.0 Å². The third-order valence-corrected chi connectivity index (χ3v) is 7.82. The Hall–Kier alpha value is -3.69. The number of amides is 1. The first kappa shape index (κ1) is 23.1. The summed E-state index contributed by atoms with van der Waals surface area (Å²) in [6.45, 7) is 0. The quantitative estimate of drug-likeness (QED) is 0.450. The summed E-state index contributed by atoms with van der Waals surface area (Å²) in [6, 6.07) is 13.6. The minimum absolute atomic E-state index is 0.108. The van der Waals surface area contributed by atoms with Crippen LogP contribution in [0.4, 0.5) is 0 Å². The van der Waals surface area contributed by atoms with E-state index >= 15 is 0 Å². The normalized spacial score (nSPS) is 34.1. The van der Waals surface area contributed by atoms with Gasteiger partial charge in [0.05, 0.1) is 17.6 Å². The first-order chi connectivity index (χ1) is 16.6. The zero-order valence-corrected chi connectivity index (χ0v) is 18.5. The molecule has 5 N–H and O–H groups in total. The van der Waals surface area contributed by atoms with Crippen molar-refractivity contribution in [3.8, 4) is 5.75 Å². The van der Waals surface area contributed by atoms with Crippen LogP contribution in [-0.4, -0.2) is 56.1 Å². The molecule has 0 saturated heterocycles. The highest BCUT2D eigenvalue weighted by Crippen LogP contribution is 2.54. The van der Waals surface area contributed by atoms with Crippen molar-refractivity contribution in [3.63, 3.8) is 0 Å². The summed E-state index contributed by atoms with van der Waals surface area (Å²) in [5.41, 5.74) is 3.43. The molecule has 9 nitrogen and oxygen atoms in total. The Morgan fingerprint density at radius 1 is 1.00 bits per heavy atom. The van der Waals surface area contributed by atoms with Crippen molar-refractivity contribution in [3.05, 3.63) is 65.2 Å². The van der Waals surface area contributed by atoms with Crippen molar-refractivity contribution in [2.75, 3.05) is 0 Å². The van der Waals surface area contributed by atoms with Crippen LogP contribution >= 0.6 is 0 Å². The maximum Gasteiger partial charge on any atom is 0.235 e. The first-order valence-electron chi connectivity index (χ1n) is 11.3. The number of rotatable bonds is 3. The Morgan fingerprint density at radius 2 is 1.69 bits per heavy atom. The number of carbonyl (C=O) groups excluding carboxylic acids is 5. The lowest BCUT2D eigenvalue weighted by molar-refractivity contribution is -0.189. The molecule has 1 amide bonds. The van der Waals surface area contributed by atoms with Crippen LogP contribution in [0, 0.1) is 23.7 Å². The molecule has 0 radical (unpaired) electrons. The van der Waals surface area contributed by atoms with Gasteiger partial charge < -0.3 is 21.1 Å². The molecule has 2 aromatic carbocycles. The zero-order chi connectivity index (χ0) is 25.2. The predicted octanol–water partition coefficient (Wildman–Crippen LogP) is 0.0815. The van der Waals surface area contributed by atoms with Gasteiger partial charge in [0.15, 0.2) is 34.7 Å². The third kappa shape index (κ3) is 3.11. The molecule has 3 aliphatic carbocycles. The topological polar surface area (TPSA) is 172 Å². The fourth-order valence-corrected chi connectivity index (χ4v) is 6.24. The van der Waals surface area contributed by atoms with Gasteiger partial charge in [0, 0.05) is 18.3 Å². The lowest BCUT2D eigenvalue weighted by Gasteiger charge is -2.53. The van der Waals surface area contributed by atoms with Crippen molar-refractivity contribution in [1.29, 1.82) is 0 Å². The molecule has 0 heterocycles. The number of nitrogens with two attached hydrogens (primary N) is 1. The Balaban J connectivity index is 1.69. The Morgan fingerprint density at radius 3 is 2.34 bits per heavy atom. The van der Waals surface area contributed by atoms with Crippen molar-refractivity contribution in [1.82, 2.24) is 0 Å². The number of primary amides is 1. The van der Waals surface area contributed by atoms with Crippen LogP contribution in [0.3, 0.4) is 0 Å². The molecule has 7 atom stereocenters. The van der Waals surface area contributed by atoms with E-state index in [1.165, 1.54) is 6.07 Å². The molecule has 0 aromatic heterocycles. The maximum absolute atomic E-state index is 13.7. The molecule has 0 bridgehead atoms. The molecule has 9 heteroatoms. The summed E-state index contributed by atoms with van der Waals surface area (Å²) in [7, 11) is 0. The molecule has 0 spiro atoms. The van der Waals surface area contributed by atoms with Crippen LogP contribution in [0.2, 0.25) is 0 Å². The second-order valence-corrected chi connectivity index (χ2v) is 9.55. The summed E-state index contributed by atoms with van der Waals surface area (Å²) >= 11 is 0. The Labute approximate surface area is 199 Å². The van der Waals surface area contributed by atoms with Gasteiger partial charge in [-0.05, 0) is 29.5 Å². The number of Topliss-reactive ketones (excluding diaryl/α,β-unsaturated/α-hetero) is 4. The number of benzene rings is 2. The standard InChI is InChI=1S/C26H23NO8/c27-25(34)19-16(29)10-14-21(30)18-13(9-11-5-2-1-3-6-11)12-7-4-8-15(28)17(12)22(31)20(18)24(33)26(14,35)23(19)32/h1-8,13-14,18-21,28,30,35H,9-10H2,(H2,27,34)/t13?,14-,18-,19?,20?,21-,26-/m1/s1. The maximum atomic E-state index is 13.7. The predicted molar refractivity (Wildman–Crippen MR) is 119 cm³/mol. The molecule has 35 heavy (non-hydrogen) atoms. The largest absolute Gasteiger partial charge is 0.507 e. The van der Waals surface area contributed by atoms with E-state index in [4.69, 9.17) is 5.73 Å². The number of aliphatic hydroxyl groups excluding tert-OH is 1. The lowest BCUT2D eigenvalue weighted by Crippen LogP contribution is -2.72. The van der Waals surface area contributed by atoms with Crippen LogP contribution < -0.4 is 5.73 Å². The van der Waals surface area contributed by atoms with Gasteiger partial charge >= 0.3 is 0 Å². The highest BCUT2D eigenvalue weighted by Gasteiger charge is 2.70. The van der Waals surface area contributed by atoms with E-state index in [0.717, 1.165) is 5.56 Å². The minimum Gasteiger partial charge on any atom is -0.507 e. The van der Waals surface area contributed by atoms with Gasteiger partial charge in [0.1, 0.15) is 5.75 Å². The number of hydrogen-bond donors (Lipinski definition) is 4. The zero-order valence-electron chi connectivity index (χ0n) is 18.5. The number of aliphatic hydroxyl groups is 2. The fourth-order valence-electron chi connectivity index (χ4n) is 6.24. The second-order valence-electron chi connectivity index (χ2n) is 9.55. The van der Waals surface area contributed by atoms with Crippen LogP contribution in [-0.2, 0) is 25.6 Å². The monoisotopic (exact) mass is 477 g/mol. The first-order valence-corrected chi connectivity index (χ1v) is 11.3. The van der Waals surface area contributed by atoms with Crippen LogP contribution in [0.1, 0.15) is 33.8 Å². The number of carbonyl (C=O) groups is 5. The van der Waals surface area contributed by atoms with Gasteiger partial charge in [-0.1, -0.05) is 42.5 Å². The summed E-state index contributed by atoms with van der Waals surface area (Å²) in [5.74, 6) is -12.9. The fraction of sp³-hybridized carbons (Fsp3) is 0.346. The van der Waals surface area contributed by atoms with E-state index in [-0.39, 0.29) is 17.7 Å². The highest BCUT2D eigenvalue weighted by atomic mass is 16.3. The van der Waals surface area contributed by atoms with Crippen LogP contribution in [0.25, 0.3) is 0 Å². The lowest BCUT2D eigenvalue weighted by atomic mass is 9.50. The number of fused-ring (bicyclic) bond motifs is 3. The van der Waals surface area contributed by atoms with Gasteiger partial charge in [0.25, 0.3) is 0 Å². The third-order valence-electron chi connectivity index (χ3n) is 7.82. The number of aromatic hydroxyl groups is 1. The molecule has 180 valence electrons. The molecule has 3 aliphatic rings. The van der Waals surface area contributed by atoms with Crippen molar-refractivity contribution >= 4 is 29.0 Å². The van der Waals surface area contributed by atoms with Crippen LogP contribution in [0.5, 0.6) is 5.75 Å². The van der Waals surface area contributed by atoms with E-state index in [1.54, 1.807) is 12.1 Å². The summed E-state index contributed by atoms with van der Waals surface area (Å²) in [4.78, 5) is 64.7. The van der Waals surface area contributed by atoms with Crippen molar-refractivity contribution < 1.29 is 39.3 Å². The SMILES string of the molecule is NC(=O)C1C(=O)C[C@@H]2[C@@H](O)[C@H]3C(C(=O)c4c(O)cccc4C3Cc3ccccc3)C(=O)[C@]2(O)C1=O. The van der Waals surface area contributed by atoms with Gasteiger partial charge in [0.2, 0.25) is 5.91 Å². The van der Waals surface area contributed by atoms with E-state index in [9.17, 15) is 39.3 Å². The summed E-state index contributed by atoms with van der Waals surface area (Å²) < 4.78 is 0. The molecule has 5 rings (SSSR count). The molecule has 0 aliphatic heterocycles. The number of phenols is 1. The average molecular weight is 477 g/mol.